The molecule has 1 aromatic rings. The van der Waals surface area contributed by atoms with Crippen molar-refractivity contribution in [3.05, 3.63) is 35.9 Å². The van der Waals surface area contributed by atoms with E-state index in [1.54, 1.807) is 37.3 Å². The zero-order valence-electron chi connectivity index (χ0n) is 17.5. The molecule has 0 atom stereocenters. The minimum absolute atomic E-state index is 0.00763. The third-order valence-electron chi connectivity index (χ3n) is 3.83. The van der Waals surface area contributed by atoms with Gasteiger partial charge in [0.2, 0.25) is 0 Å². The first kappa shape index (κ1) is 12.9. The Morgan fingerprint density at radius 1 is 1.30 bits per heavy atom. The summed E-state index contributed by atoms with van der Waals surface area (Å²) in [5.74, 6) is -0.611. The molecule has 5 nitrogen and oxygen atoms in total. The van der Waals surface area contributed by atoms with E-state index < -0.39 is 24.4 Å². The number of esters is 1. The van der Waals surface area contributed by atoms with E-state index in [1.807, 2.05) is 0 Å². The van der Waals surface area contributed by atoms with Crippen LogP contribution in [0.25, 0.3) is 0 Å². The Morgan fingerprint density at radius 2 is 2.00 bits per heavy atom. The Kier molecular flexibility index (Phi) is 5.06. The van der Waals surface area contributed by atoms with Gasteiger partial charge in [0.25, 0.3) is 0 Å². The van der Waals surface area contributed by atoms with Crippen LogP contribution in [0.15, 0.2) is 30.3 Å². The van der Waals surface area contributed by atoms with Gasteiger partial charge in [0.15, 0.2) is 0 Å². The van der Waals surface area contributed by atoms with E-state index in [0.717, 1.165) is 4.90 Å². The summed E-state index contributed by atoms with van der Waals surface area (Å²) in [6, 6.07) is 8.71. The topological polar surface area (TPSA) is 59.0 Å². The fourth-order valence-corrected chi connectivity index (χ4v) is 2.55. The van der Waals surface area contributed by atoms with Crippen molar-refractivity contribution in [3.8, 4) is 0 Å². The minimum atomic E-state index is -2.09. The molecule has 0 bridgehead atoms. The molecule has 23 heavy (non-hydrogen) atoms. The number of aliphatic hydroxyl groups is 1. The van der Waals surface area contributed by atoms with Gasteiger partial charge in [-0.05, 0) is 38.3 Å². The second-order valence-corrected chi connectivity index (χ2v) is 5.33. The van der Waals surface area contributed by atoms with E-state index in [4.69, 9.17) is 20.1 Å². The van der Waals surface area contributed by atoms with Crippen molar-refractivity contribution >= 4 is 5.97 Å². The molecule has 128 valence electrons. The van der Waals surface area contributed by atoms with Crippen LogP contribution in [0.2, 0.25) is 0 Å². The minimum Gasteiger partial charge on any atom is -0.465 e. The van der Waals surface area contributed by atoms with Crippen molar-refractivity contribution in [2.45, 2.75) is 25.2 Å². The van der Waals surface area contributed by atoms with E-state index in [1.165, 1.54) is 0 Å². The Morgan fingerprint density at radius 3 is 2.61 bits per heavy atom. The molecule has 1 aliphatic rings. The summed E-state index contributed by atoms with van der Waals surface area (Å²) in [5.41, 5.74) is -0.861. The number of hydrogen-bond acceptors (Lipinski definition) is 5. The maximum atomic E-state index is 12.9. The van der Waals surface area contributed by atoms with Gasteiger partial charge in [-0.1, -0.05) is 30.3 Å². The van der Waals surface area contributed by atoms with Gasteiger partial charge in [0.1, 0.15) is 0 Å². The smallest absolute Gasteiger partial charge is 0.316 e. The van der Waals surface area contributed by atoms with E-state index in [-0.39, 0.29) is 45.8 Å². The summed E-state index contributed by atoms with van der Waals surface area (Å²) >= 11 is 0. The van der Waals surface area contributed by atoms with Crippen molar-refractivity contribution in [1.82, 2.24) is 4.90 Å². The molecule has 1 fully saturated rings. The summed E-state index contributed by atoms with van der Waals surface area (Å²) in [4.78, 5) is 14.0. The fourth-order valence-electron chi connectivity index (χ4n) is 2.55. The molecule has 1 N–H and O–H groups in total. The third kappa shape index (κ3) is 4.53. The Labute approximate surface area is 143 Å². The Bertz CT molecular complexity index is 609. The molecular weight excluding hydrogens is 294 g/mol. The van der Waals surface area contributed by atoms with Gasteiger partial charge in [0, 0.05) is 12.0 Å². The molecule has 0 saturated carbocycles. The lowest BCUT2D eigenvalue weighted by Crippen LogP contribution is -2.48. The molecule has 1 saturated heterocycles. The SMILES string of the molecule is [2H]C1([2H])CC(C(=O)OCC)(c2ccccc2)CC([2H])([2H])N1CCOCCO. The van der Waals surface area contributed by atoms with Crippen LogP contribution in [0.4, 0.5) is 0 Å². The summed E-state index contributed by atoms with van der Waals surface area (Å²) in [6.45, 7) is -2.33. The summed E-state index contributed by atoms with van der Waals surface area (Å²) in [6.07, 6.45) is -0.440. The maximum Gasteiger partial charge on any atom is 0.316 e. The molecule has 1 aromatic carbocycles. The van der Waals surface area contributed by atoms with Crippen molar-refractivity contribution < 1.29 is 24.9 Å². The molecule has 1 aliphatic heterocycles. The highest BCUT2D eigenvalue weighted by molar-refractivity contribution is 5.83. The molecule has 2 rings (SSSR count). The summed E-state index contributed by atoms with van der Waals surface area (Å²) < 4.78 is 44.4. The Balaban J connectivity index is 2.38. The molecule has 0 aromatic heterocycles. The molecule has 0 unspecified atom stereocenters. The number of piperidine rings is 1. The van der Waals surface area contributed by atoms with Gasteiger partial charge in [-0.3, -0.25) is 4.79 Å². The van der Waals surface area contributed by atoms with E-state index in [0.29, 0.717) is 5.56 Å². The highest BCUT2D eigenvalue weighted by atomic mass is 16.5. The number of aliphatic hydroxyl groups excluding tert-OH is 1. The van der Waals surface area contributed by atoms with Crippen molar-refractivity contribution in [2.75, 3.05) is 46.0 Å². The predicted molar refractivity (Wildman–Crippen MR) is 88.3 cm³/mol. The van der Waals surface area contributed by atoms with Crippen molar-refractivity contribution in [2.24, 2.45) is 0 Å². The molecule has 1 heterocycles. The van der Waals surface area contributed by atoms with Gasteiger partial charge in [0.05, 0.1) is 31.8 Å². The number of rotatable bonds is 8. The fraction of sp³-hybridized carbons (Fsp3) is 0.611. The molecule has 0 amide bonds. The van der Waals surface area contributed by atoms with Crippen LogP contribution >= 0.6 is 0 Å². The van der Waals surface area contributed by atoms with Crippen molar-refractivity contribution in [3.63, 3.8) is 0 Å². The van der Waals surface area contributed by atoms with Crippen LogP contribution in [-0.4, -0.2) is 61.9 Å². The lowest BCUT2D eigenvalue weighted by molar-refractivity contribution is -0.152. The normalized spacial score (nSPS) is 24.8. The first-order valence-electron chi connectivity index (χ1n) is 9.89. The number of likely N-dealkylation sites (tertiary alicyclic amines) is 1. The third-order valence-corrected chi connectivity index (χ3v) is 3.83. The van der Waals surface area contributed by atoms with Crippen LogP contribution < -0.4 is 0 Å². The van der Waals surface area contributed by atoms with Crippen LogP contribution in [0.5, 0.6) is 0 Å². The van der Waals surface area contributed by atoms with E-state index >= 15 is 0 Å². The standard InChI is InChI=1S/C18H27NO4/c1-2-23-17(21)18(16-6-4-3-5-7-16)8-10-19(11-9-18)12-14-22-15-13-20/h3-7,20H,2,8-15H2,1H3/i10D2,11D2. The lowest BCUT2D eigenvalue weighted by atomic mass is 9.72. The van der Waals surface area contributed by atoms with Crippen LogP contribution in [-0.2, 0) is 19.7 Å². The van der Waals surface area contributed by atoms with Crippen molar-refractivity contribution in [1.29, 1.82) is 0 Å². The number of ether oxygens (including phenoxy) is 2. The van der Waals surface area contributed by atoms with Crippen LogP contribution in [0.3, 0.4) is 0 Å². The quantitative estimate of drug-likeness (QED) is 0.581. The predicted octanol–water partition coefficient (Wildman–Crippen LogP) is 1.59. The van der Waals surface area contributed by atoms with E-state index in [9.17, 15) is 4.79 Å². The number of nitrogens with zero attached hydrogens (tertiary/aromatic N) is 1. The summed E-state index contributed by atoms with van der Waals surface area (Å²) in [5, 5.41) is 8.78. The van der Waals surface area contributed by atoms with Crippen LogP contribution in [0, 0.1) is 0 Å². The molecule has 0 radical (unpaired) electrons. The van der Waals surface area contributed by atoms with Gasteiger partial charge in [-0.25, -0.2) is 0 Å². The number of carbonyl (C=O) groups excluding carboxylic acids is 1. The van der Waals surface area contributed by atoms with E-state index in [2.05, 4.69) is 0 Å². The first-order chi connectivity index (χ1) is 12.7. The molecule has 0 spiro atoms. The number of hydrogen-bond donors (Lipinski definition) is 1. The highest BCUT2D eigenvalue weighted by Gasteiger charge is 2.43. The molecular formula is C18H27NO4. The van der Waals surface area contributed by atoms with Gasteiger partial charge in [-0.15, -0.1) is 0 Å². The maximum absolute atomic E-state index is 12.9. The Hall–Kier alpha value is -1.43. The first-order valence-corrected chi connectivity index (χ1v) is 7.89. The second kappa shape index (κ2) is 9.01. The molecule has 5 heteroatoms. The average Bonchev–Trinajstić information content (AvgIpc) is 2.60. The van der Waals surface area contributed by atoms with Crippen LogP contribution in [0.1, 0.15) is 30.8 Å². The zero-order chi connectivity index (χ0) is 20.1. The average molecular weight is 325 g/mol. The number of carbonyl (C=O) groups is 1. The largest absolute Gasteiger partial charge is 0.465 e. The second-order valence-electron chi connectivity index (χ2n) is 5.33. The zero-order valence-corrected chi connectivity index (χ0v) is 13.5. The molecule has 0 aliphatic carbocycles. The van der Waals surface area contributed by atoms with Gasteiger partial charge < -0.3 is 19.5 Å². The highest BCUT2D eigenvalue weighted by Crippen LogP contribution is 2.36. The number of benzene rings is 1. The van der Waals surface area contributed by atoms with Gasteiger partial charge >= 0.3 is 5.97 Å². The monoisotopic (exact) mass is 325 g/mol. The summed E-state index contributed by atoms with van der Waals surface area (Å²) in [7, 11) is 0. The lowest BCUT2D eigenvalue weighted by Gasteiger charge is -2.40. The van der Waals surface area contributed by atoms with Gasteiger partial charge in [-0.2, -0.15) is 0 Å².